The Morgan fingerprint density at radius 3 is 1.89 bits per heavy atom. The lowest BCUT2D eigenvalue weighted by Gasteiger charge is -2.41. The Bertz CT molecular complexity index is 2090. The average Bonchev–Trinajstić information content (AvgIpc) is 3.72. The summed E-state index contributed by atoms with van der Waals surface area (Å²) in [5.74, 6) is -1.06. The molecule has 2 atom stereocenters. The van der Waals surface area contributed by atoms with Crippen LogP contribution in [-0.4, -0.2) is 88.0 Å². The number of aliphatic carboxylic acids is 1. The van der Waals surface area contributed by atoms with Crippen LogP contribution in [-0.2, 0) is 44.8 Å². The van der Waals surface area contributed by atoms with Gasteiger partial charge in [-0.05, 0) is 75.1 Å². The van der Waals surface area contributed by atoms with Crippen LogP contribution in [0.15, 0.2) is 42.5 Å². The number of aromatic nitrogens is 4. The molecule has 3 aliphatic carbocycles. The molecule has 13 heteroatoms. The number of amides is 2. The zero-order valence-electron chi connectivity index (χ0n) is 33.1. The lowest BCUT2D eigenvalue weighted by molar-refractivity contribution is -0.150. The number of carbonyl (C=O) groups is 3. The molecule has 2 fully saturated rings. The summed E-state index contributed by atoms with van der Waals surface area (Å²) in [7, 11) is 3.76. The topological polar surface area (TPSA) is 138 Å². The molecule has 5 aliphatic rings. The Morgan fingerprint density at radius 1 is 0.821 bits per heavy atom. The van der Waals surface area contributed by atoms with E-state index in [4.69, 9.17) is 21.6 Å². The van der Waals surface area contributed by atoms with Gasteiger partial charge in [-0.25, -0.2) is 9.97 Å². The van der Waals surface area contributed by atoms with Gasteiger partial charge in [0.05, 0.1) is 16.8 Å². The highest BCUT2D eigenvalue weighted by Gasteiger charge is 2.45. The zero-order valence-corrected chi connectivity index (χ0v) is 33.9. The third-order valence-electron chi connectivity index (χ3n) is 13.6. The summed E-state index contributed by atoms with van der Waals surface area (Å²) in [5, 5.41) is 15.2. The third kappa shape index (κ3) is 7.02. The van der Waals surface area contributed by atoms with E-state index >= 15 is 0 Å². The van der Waals surface area contributed by atoms with Crippen molar-refractivity contribution in [2.45, 2.75) is 121 Å². The average molecular weight is 783 g/mol. The van der Waals surface area contributed by atoms with Crippen LogP contribution in [0.5, 0.6) is 0 Å². The van der Waals surface area contributed by atoms with Crippen LogP contribution in [0.4, 0.5) is 0 Å². The molecule has 2 amide bonds. The second-order valence-electron chi connectivity index (χ2n) is 17.0. The number of aryl methyl sites for hydroxylation is 1. The fourth-order valence-corrected chi connectivity index (χ4v) is 10.3. The van der Waals surface area contributed by atoms with E-state index in [1.165, 1.54) is 32.1 Å². The molecule has 56 heavy (non-hydrogen) atoms. The maximum Gasteiger partial charge on any atom is 0.309 e. The Hall–Kier alpha value is -4.26. The van der Waals surface area contributed by atoms with Crippen molar-refractivity contribution >= 4 is 35.0 Å². The summed E-state index contributed by atoms with van der Waals surface area (Å²) in [6.45, 7) is 6.95. The fraction of sp³-hybridized carbons (Fsp3) is 0.558. The van der Waals surface area contributed by atoms with E-state index in [9.17, 15) is 19.5 Å². The van der Waals surface area contributed by atoms with Crippen LogP contribution >= 0.6 is 11.6 Å². The highest BCUT2D eigenvalue weighted by atomic mass is 35.5. The maximum absolute atomic E-state index is 14.5. The summed E-state index contributed by atoms with van der Waals surface area (Å²) in [4.78, 5) is 55.6. The van der Waals surface area contributed by atoms with Crippen molar-refractivity contribution in [1.29, 1.82) is 0 Å². The van der Waals surface area contributed by atoms with Crippen molar-refractivity contribution in [3.05, 3.63) is 88.0 Å². The number of nitrogens with one attached hydrogen (secondary N) is 2. The van der Waals surface area contributed by atoms with Gasteiger partial charge in [0.2, 0.25) is 0 Å². The fourth-order valence-electron chi connectivity index (χ4n) is 9.96. The van der Waals surface area contributed by atoms with E-state index in [1.54, 1.807) is 6.08 Å². The Balaban J connectivity index is 1.05. The second-order valence-corrected chi connectivity index (χ2v) is 17.5. The summed E-state index contributed by atoms with van der Waals surface area (Å²) < 4.78 is 3.76. The number of carbonyl (C=O) groups excluding carboxylic acids is 2. The molecule has 8 rings (SSSR count). The number of benzene rings is 1. The van der Waals surface area contributed by atoms with Gasteiger partial charge in [-0.2, -0.15) is 0 Å². The minimum absolute atomic E-state index is 0.243. The normalized spacial score (nSPS) is 27.3. The van der Waals surface area contributed by atoms with Gasteiger partial charge >= 0.3 is 5.97 Å². The van der Waals surface area contributed by atoms with Crippen molar-refractivity contribution < 1.29 is 19.5 Å². The van der Waals surface area contributed by atoms with Gasteiger partial charge in [-0.15, -0.1) is 11.6 Å². The number of carboxylic acid groups (broad SMARTS) is 1. The predicted octanol–water partition coefficient (Wildman–Crippen LogP) is 5.66. The van der Waals surface area contributed by atoms with E-state index < -0.39 is 34.2 Å². The van der Waals surface area contributed by atoms with Crippen molar-refractivity contribution in [2.24, 2.45) is 19.5 Å². The van der Waals surface area contributed by atoms with Crippen LogP contribution in [0.3, 0.4) is 0 Å². The molecule has 4 heterocycles. The molecule has 0 saturated heterocycles. The standard InChI is InChI=1S/C43H55ClN8O4/c1-27-11-8-9-14-30(27)31-15-10-20-43(36(31)44,47-39(53)37-45-32-25-51(23-18-34(32)49(37)3)28-12-6-5-7-13-28)48-40(54)38-46-33-26-52(24-19-35(33)50(38)4)29-16-21-42(2,22-17-29)41(55)56/h8-11,14-15,20,28-29,36H,5-7,12-13,16-19,21-26H2,1-4H3,(H,47,53)(H,48,54)(H,55,56). The van der Waals surface area contributed by atoms with Crippen molar-refractivity contribution in [3.63, 3.8) is 0 Å². The van der Waals surface area contributed by atoms with Gasteiger partial charge in [-0.1, -0.05) is 55.7 Å². The number of fused-ring (bicyclic) bond motifs is 2. The largest absolute Gasteiger partial charge is 0.481 e. The molecule has 2 unspecified atom stereocenters. The first-order chi connectivity index (χ1) is 26.9. The lowest BCUT2D eigenvalue weighted by Crippen LogP contribution is -2.65. The first-order valence-electron chi connectivity index (χ1n) is 20.4. The molecule has 3 aromatic rings. The van der Waals surface area contributed by atoms with Crippen LogP contribution in [0.1, 0.15) is 120 Å². The monoisotopic (exact) mass is 782 g/mol. The van der Waals surface area contributed by atoms with Crippen LogP contribution < -0.4 is 10.6 Å². The van der Waals surface area contributed by atoms with Gasteiger partial charge in [0.15, 0.2) is 17.3 Å². The lowest BCUT2D eigenvalue weighted by atomic mass is 9.73. The van der Waals surface area contributed by atoms with Crippen LogP contribution in [0.25, 0.3) is 5.57 Å². The molecular formula is C43H55ClN8O4. The first kappa shape index (κ1) is 38.6. The predicted molar refractivity (Wildman–Crippen MR) is 215 cm³/mol. The SMILES string of the molecule is Cc1ccccc1C1=CC=CC(NC(=O)c2nc3c(n2C)CCN(C2CCCCC2)C3)(NC(=O)c2nc3c(n2C)CCN(C2CCC(C)(C(=O)O)CC2)C3)C1Cl. The maximum atomic E-state index is 14.5. The second kappa shape index (κ2) is 15.2. The smallest absolute Gasteiger partial charge is 0.309 e. The number of halogens is 1. The number of hydrogen-bond acceptors (Lipinski definition) is 7. The van der Waals surface area contributed by atoms with E-state index in [0.29, 0.717) is 25.4 Å². The van der Waals surface area contributed by atoms with E-state index in [-0.39, 0.29) is 17.7 Å². The number of alkyl halides is 1. The quantitative estimate of drug-likeness (QED) is 0.197. The van der Waals surface area contributed by atoms with Gasteiger partial charge in [0, 0.05) is 76.6 Å². The summed E-state index contributed by atoms with van der Waals surface area (Å²) in [6, 6.07) is 8.79. The number of hydrogen-bond donors (Lipinski definition) is 3. The summed E-state index contributed by atoms with van der Waals surface area (Å²) >= 11 is 7.45. The molecule has 2 aromatic heterocycles. The van der Waals surface area contributed by atoms with Gasteiger partial charge in [-0.3, -0.25) is 24.2 Å². The van der Waals surface area contributed by atoms with Crippen molar-refractivity contribution in [3.8, 4) is 0 Å². The number of rotatable bonds is 8. The number of nitrogens with zero attached hydrogens (tertiary/aromatic N) is 6. The van der Waals surface area contributed by atoms with Gasteiger partial charge < -0.3 is 24.9 Å². The molecule has 298 valence electrons. The molecule has 0 bridgehead atoms. The molecule has 3 N–H and O–H groups in total. The number of imidazole rings is 2. The van der Waals surface area contributed by atoms with Crippen molar-refractivity contribution in [1.82, 2.24) is 39.5 Å². The molecular weight excluding hydrogens is 728 g/mol. The molecule has 0 radical (unpaired) electrons. The number of carboxylic acids is 1. The first-order valence-corrected chi connectivity index (χ1v) is 20.9. The highest BCUT2D eigenvalue weighted by molar-refractivity contribution is 6.28. The van der Waals surface area contributed by atoms with E-state index in [2.05, 4.69) is 20.4 Å². The third-order valence-corrected chi connectivity index (χ3v) is 14.1. The Kier molecular flexibility index (Phi) is 10.5. The van der Waals surface area contributed by atoms with E-state index in [1.807, 2.05) is 73.5 Å². The zero-order chi connectivity index (χ0) is 39.4. The van der Waals surface area contributed by atoms with Gasteiger partial charge in [0.25, 0.3) is 11.8 Å². The minimum Gasteiger partial charge on any atom is -0.481 e. The molecule has 2 aliphatic heterocycles. The van der Waals surface area contributed by atoms with E-state index in [0.717, 1.165) is 84.8 Å². The van der Waals surface area contributed by atoms with Crippen molar-refractivity contribution in [2.75, 3.05) is 13.1 Å². The molecule has 12 nitrogen and oxygen atoms in total. The minimum atomic E-state index is -1.51. The Morgan fingerprint density at radius 2 is 1.36 bits per heavy atom. The summed E-state index contributed by atoms with van der Waals surface area (Å²) in [6.07, 6.45) is 16.3. The van der Waals surface area contributed by atoms with Crippen LogP contribution in [0, 0.1) is 12.3 Å². The highest BCUT2D eigenvalue weighted by Crippen LogP contribution is 2.40. The molecule has 1 aromatic carbocycles. The van der Waals surface area contributed by atoms with Crippen LogP contribution in [0.2, 0.25) is 0 Å². The number of allylic oxidation sites excluding steroid dienone is 2. The molecule has 0 spiro atoms. The molecule has 2 saturated carbocycles. The van der Waals surface area contributed by atoms with Gasteiger partial charge in [0.1, 0.15) is 5.38 Å². The Labute approximate surface area is 334 Å². The summed E-state index contributed by atoms with van der Waals surface area (Å²) in [5.41, 5.74) is 4.39.